The van der Waals surface area contributed by atoms with E-state index in [4.69, 9.17) is 34.3 Å². The fraction of sp³-hybridized carbons (Fsp3) is 0.533. The topological polar surface area (TPSA) is 204 Å². The van der Waals surface area contributed by atoms with Crippen molar-refractivity contribution in [1.82, 2.24) is 30.0 Å². The molecule has 0 aliphatic carbocycles. The molecule has 1 amide bonds. The number of nitrogens with zero attached hydrogens (tertiary/aromatic N) is 7. The molecule has 3 aromatic heterocycles. The van der Waals surface area contributed by atoms with Gasteiger partial charge in [-0.15, -0.1) is 0 Å². The van der Waals surface area contributed by atoms with Gasteiger partial charge in [0.05, 0.1) is 77.1 Å². The van der Waals surface area contributed by atoms with Gasteiger partial charge in [-0.05, 0) is 42.6 Å². The number of carbonyl (C=O) groups is 1. The zero-order chi connectivity index (χ0) is 32.2. The van der Waals surface area contributed by atoms with Gasteiger partial charge in [0.25, 0.3) is 0 Å². The molecular formula is C30H41N9O7. The highest BCUT2D eigenvalue weighted by Crippen LogP contribution is 2.30. The second-order valence-electron chi connectivity index (χ2n) is 10.1. The normalized spacial score (nSPS) is 11.3. The standard InChI is InChI=1S/C30H41N9O7/c31-38-35-7-10-43-12-14-45-16-18-46-17-15-44-13-11-42-9-5-28(41)33-6-1-2-8-39-30-25(21-32-22-34-30)29(37-39)27-20-23-19-24(40)3-4-26(23)36-27/h3-4,19-22,36,40H,1-2,5-18H2,(H,33,41). The highest BCUT2D eigenvalue weighted by molar-refractivity contribution is 5.94. The minimum atomic E-state index is -0.0549. The molecule has 3 N–H and O–H groups in total. The summed E-state index contributed by atoms with van der Waals surface area (Å²) in [5, 5.41) is 22.6. The third-order valence-electron chi connectivity index (χ3n) is 6.75. The van der Waals surface area contributed by atoms with E-state index in [0.29, 0.717) is 85.7 Å². The fourth-order valence-electron chi connectivity index (χ4n) is 4.52. The number of aromatic hydroxyl groups is 1. The monoisotopic (exact) mass is 639 g/mol. The summed E-state index contributed by atoms with van der Waals surface area (Å²) in [5.74, 6) is 0.153. The second kappa shape index (κ2) is 19.9. The number of azide groups is 1. The number of ether oxygens (including phenoxy) is 5. The third kappa shape index (κ3) is 11.6. The molecule has 4 rings (SSSR count). The average Bonchev–Trinajstić information content (AvgIpc) is 3.65. The molecular weight excluding hydrogens is 598 g/mol. The largest absolute Gasteiger partial charge is 0.508 e. The smallest absolute Gasteiger partial charge is 0.222 e. The van der Waals surface area contributed by atoms with Crippen molar-refractivity contribution in [2.45, 2.75) is 25.8 Å². The van der Waals surface area contributed by atoms with Crippen LogP contribution in [0.15, 0.2) is 41.9 Å². The molecule has 1 aromatic carbocycles. The number of rotatable bonds is 24. The first-order valence-electron chi connectivity index (χ1n) is 15.3. The molecule has 4 aromatic rings. The Kier molecular flexibility index (Phi) is 15.0. The van der Waals surface area contributed by atoms with Crippen LogP contribution in [-0.2, 0) is 35.0 Å². The first-order valence-corrected chi connectivity index (χ1v) is 15.3. The van der Waals surface area contributed by atoms with Crippen molar-refractivity contribution < 1.29 is 33.6 Å². The van der Waals surface area contributed by atoms with E-state index in [1.165, 1.54) is 6.33 Å². The van der Waals surface area contributed by atoms with Crippen molar-refractivity contribution in [3.63, 3.8) is 0 Å². The van der Waals surface area contributed by atoms with E-state index in [-0.39, 0.29) is 18.1 Å². The molecule has 0 saturated carbocycles. The summed E-state index contributed by atoms with van der Waals surface area (Å²) in [6.45, 7) is 5.77. The molecule has 16 nitrogen and oxygen atoms in total. The Balaban J connectivity index is 0.993. The molecule has 0 unspecified atom stereocenters. The first-order chi connectivity index (χ1) is 22.7. The summed E-state index contributed by atoms with van der Waals surface area (Å²) >= 11 is 0. The molecule has 0 spiro atoms. The second-order valence-corrected chi connectivity index (χ2v) is 10.1. The number of H-pyrrole nitrogens is 1. The Morgan fingerprint density at radius 1 is 0.957 bits per heavy atom. The molecule has 0 saturated heterocycles. The zero-order valence-electron chi connectivity index (χ0n) is 25.8. The predicted molar refractivity (Wildman–Crippen MR) is 169 cm³/mol. The SMILES string of the molecule is [N-]=[N+]=NCCOCCOCCOCCOCCOCCC(=O)NCCCCn1nc(-c2cc3cc(O)ccc3[nH]2)c2cncnc21. The number of unbranched alkanes of at least 4 members (excludes halogenated alkanes) is 1. The number of phenols is 1. The summed E-state index contributed by atoms with van der Waals surface area (Å²) in [6.07, 6.45) is 5.15. The maximum Gasteiger partial charge on any atom is 0.222 e. The maximum absolute atomic E-state index is 12.2. The summed E-state index contributed by atoms with van der Waals surface area (Å²) in [6, 6.07) is 7.13. The van der Waals surface area contributed by atoms with Gasteiger partial charge in [-0.3, -0.25) is 4.79 Å². The third-order valence-corrected chi connectivity index (χ3v) is 6.75. The van der Waals surface area contributed by atoms with Crippen LogP contribution in [-0.4, -0.2) is 115 Å². The molecule has 0 radical (unpaired) electrons. The quantitative estimate of drug-likeness (QED) is 0.0441. The van der Waals surface area contributed by atoms with Crippen LogP contribution in [0, 0.1) is 0 Å². The number of benzene rings is 1. The van der Waals surface area contributed by atoms with E-state index >= 15 is 0 Å². The Bertz CT molecular complexity index is 1540. The zero-order valence-corrected chi connectivity index (χ0v) is 25.8. The molecule has 248 valence electrons. The van der Waals surface area contributed by atoms with E-state index < -0.39 is 0 Å². The average molecular weight is 640 g/mol. The molecule has 0 fully saturated rings. The minimum Gasteiger partial charge on any atom is -0.508 e. The number of phenolic OH excluding ortho intramolecular Hbond substituents is 1. The predicted octanol–water partition coefficient (Wildman–Crippen LogP) is 3.36. The Labute approximate surface area is 266 Å². The van der Waals surface area contributed by atoms with E-state index in [1.54, 1.807) is 18.3 Å². The number of aryl methyl sites for hydroxylation is 1. The number of hydrogen-bond acceptors (Lipinski definition) is 11. The Hall–Kier alpha value is -4.31. The van der Waals surface area contributed by atoms with Gasteiger partial charge < -0.3 is 39.1 Å². The van der Waals surface area contributed by atoms with E-state index in [1.807, 2.05) is 16.8 Å². The molecule has 16 heteroatoms. The van der Waals surface area contributed by atoms with Gasteiger partial charge in [0.2, 0.25) is 5.91 Å². The van der Waals surface area contributed by atoms with E-state index in [2.05, 4.69) is 30.3 Å². The van der Waals surface area contributed by atoms with E-state index in [9.17, 15) is 9.90 Å². The van der Waals surface area contributed by atoms with Gasteiger partial charge in [-0.25, -0.2) is 14.6 Å². The number of amides is 1. The number of aromatic nitrogens is 5. The Morgan fingerprint density at radius 3 is 2.37 bits per heavy atom. The first kappa shape index (κ1) is 34.6. The van der Waals surface area contributed by atoms with Gasteiger partial charge in [0, 0.05) is 48.1 Å². The molecule has 46 heavy (non-hydrogen) atoms. The van der Waals surface area contributed by atoms with Crippen LogP contribution in [0.5, 0.6) is 5.75 Å². The van der Waals surface area contributed by atoms with Crippen LogP contribution < -0.4 is 5.32 Å². The van der Waals surface area contributed by atoms with Crippen LogP contribution in [0.4, 0.5) is 0 Å². The van der Waals surface area contributed by atoms with Crippen molar-refractivity contribution in [2.75, 3.05) is 79.2 Å². The van der Waals surface area contributed by atoms with Gasteiger partial charge >= 0.3 is 0 Å². The molecule has 0 atom stereocenters. The molecule has 0 bridgehead atoms. The maximum atomic E-state index is 12.2. The van der Waals surface area contributed by atoms with E-state index in [0.717, 1.165) is 46.2 Å². The summed E-state index contributed by atoms with van der Waals surface area (Å²) in [5.41, 5.74) is 11.4. The van der Waals surface area contributed by atoms with Crippen molar-refractivity contribution in [2.24, 2.45) is 5.11 Å². The van der Waals surface area contributed by atoms with Gasteiger partial charge in [-0.1, -0.05) is 5.11 Å². The van der Waals surface area contributed by atoms with Crippen molar-refractivity contribution >= 4 is 27.8 Å². The van der Waals surface area contributed by atoms with Crippen LogP contribution in [0.3, 0.4) is 0 Å². The van der Waals surface area contributed by atoms with Gasteiger partial charge in [0.15, 0.2) is 5.65 Å². The Morgan fingerprint density at radius 2 is 1.65 bits per heavy atom. The van der Waals surface area contributed by atoms with Gasteiger partial charge in [0.1, 0.15) is 17.8 Å². The van der Waals surface area contributed by atoms with Crippen LogP contribution in [0.2, 0.25) is 0 Å². The number of aromatic amines is 1. The van der Waals surface area contributed by atoms with Gasteiger partial charge in [-0.2, -0.15) is 5.10 Å². The summed E-state index contributed by atoms with van der Waals surface area (Å²) < 4.78 is 28.8. The summed E-state index contributed by atoms with van der Waals surface area (Å²) in [7, 11) is 0. The lowest BCUT2D eigenvalue weighted by atomic mass is 10.2. The lowest BCUT2D eigenvalue weighted by molar-refractivity contribution is -0.122. The number of nitrogens with one attached hydrogen (secondary N) is 2. The number of hydrogen-bond donors (Lipinski definition) is 3. The molecule has 0 aliphatic rings. The van der Waals surface area contributed by atoms with Crippen LogP contribution in [0.1, 0.15) is 19.3 Å². The highest BCUT2D eigenvalue weighted by atomic mass is 16.6. The summed E-state index contributed by atoms with van der Waals surface area (Å²) in [4.78, 5) is 26.8. The van der Waals surface area contributed by atoms with Crippen molar-refractivity contribution in [1.29, 1.82) is 0 Å². The highest BCUT2D eigenvalue weighted by Gasteiger charge is 2.16. The molecule has 0 aliphatic heterocycles. The van der Waals surface area contributed by atoms with Crippen LogP contribution in [0.25, 0.3) is 43.8 Å². The number of carbonyl (C=O) groups excluding carboxylic acids is 1. The van der Waals surface area contributed by atoms with Crippen molar-refractivity contribution in [3.8, 4) is 17.1 Å². The van der Waals surface area contributed by atoms with Crippen molar-refractivity contribution in [3.05, 3.63) is 47.2 Å². The molecule has 3 heterocycles. The fourth-order valence-corrected chi connectivity index (χ4v) is 4.52. The minimum absolute atomic E-state index is 0.0549. The van der Waals surface area contributed by atoms with Crippen LogP contribution >= 0.6 is 0 Å². The lowest BCUT2D eigenvalue weighted by Gasteiger charge is -2.08. The lowest BCUT2D eigenvalue weighted by Crippen LogP contribution is -2.26. The number of fused-ring (bicyclic) bond motifs is 2.